The summed E-state index contributed by atoms with van der Waals surface area (Å²) in [5.41, 5.74) is 0.559. The normalized spacial score (nSPS) is 11.3. The maximum Gasteiger partial charge on any atom is 0.573 e. The van der Waals surface area contributed by atoms with Crippen LogP contribution in [0.25, 0.3) is 6.08 Å². The van der Waals surface area contributed by atoms with Gasteiger partial charge in [-0.3, -0.25) is 14.9 Å². The van der Waals surface area contributed by atoms with Crippen LogP contribution < -0.4 is 10.1 Å². The molecule has 0 aromatic heterocycles. The molecule has 130 valence electrons. The van der Waals surface area contributed by atoms with E-state index in [4.69, 9.17) is 0 Å². The molecule has 0 spiro atoms. The number of hydrogen-bond donors (Lipinski definition) is 1. The Morgan fingerprint density at radius 2 is 1.84 bits per heavy atom. The maximum atomic E-state index is 12.0. The maximum absolute atomic E-state index is 12.0. The average molecular weight is 352 g/mol. The van der Waals surface area contributed by atoms with Crippen LogP contribution in [0.3, 0.4) is 0 Å². The third kappa shape index (κ3) is 5.98. The van der Waals surface area contributed by atoms with Crippen molar-refractivity contribution in [2.75, 3.05) is 5.32 Å². The Balaban J connectivity index is 1.98. The summed E-state index contributed by atoms with van der Waals surface area (Å²) in [6.45, 7) is 0. The monoisotopic (exact) mass is 352 g/mol. The van der Waals surface area contributed by atoms with E-state index < -0.39 is 17.2 Å². The molecule has 0 saturated heterocycles. The van der Waals surface area contributed by atoms with Crippen molar-refractivity contribution in [3.8, 4) is 5.75 Å². The highest BCUT2D eigenvalue weighted by Gasteiger charge is 2.30. The summed E-state index contributed by atoms with van der Waals surface area (Å²) in [7, 11) is 0. The molecule has 9 heteroatoms. The first-order valence-electron chi connectivity index (χ1n) is 6.82. The highest BCUT2D eigenvalue weighted by Crippen LogP contribution is 2.23. The van der Waals surface area contributed by atoms with E-state index in [0.29, 0.717) is 5.56 Å². The van der Waals surface area contributed by atoms with Crippen LogP contribution in [0.5, 0.6) is 5.75 Å². The van der Waals surface area contributed by atoms with Crippen LogP contribution in [0.15, 0.2) is 54.6 Å². The van der Waals surface area contributed by atoms with Gasteiger partial charge >= 0.3 is 6.36 Å². The molecule has 0 radical (unpaired) electrons. The number of carbonyl (C=O) groups excluding carboxylic acids is 1. The highest BCUT2D eigenvalue weighted by molar-refractivity contribution is 6.02. The molecule has 2 aromatic rings. The Morgan fingerprint density at radius 1 is 1.16 bits per heavy atom. The van der Waals surface area contributed by atoms with Crippen LogP contribution >= 0.6 is 0 Å². The fourth-order valence-electron chi connectivity index (χ4n) is 1.83. The van der Waals surface area contributed by atoms with Gasteiger partial charge in [0.05, 0.1) is 4.92 Å². The van der Waals surface area contributed by atoms with Crippen LogP contribution in [0, 0.1) is 10.1 Å². The Bertz CT molecular complexity index is 802. The molecule has 1 N–H and O–H groups in total. The van der Waals surface area contributed by atoms with Crippen LogP contribution in [-0.2, 0) is 4.79 Å². The van der Waals surface area contributed by atoms with Gasteiger partial charge in [0.1, 0.15) is 5.75 Å². The molecule has 0 aliphatic carbocycles. The number of nitro groups is 1. The largest absolute Gasteiger partial charge is 0.573 e. The molecule has 0 unspecified atom stereocenters. The third-order valence-electron chi connectivity index (χ3n) is 2.87. The van der Waals surface area contributed by atoms with E-state index in [-0.39, 0.29) is 17.1 Å². The molecule has 0 atom stereocenters. The summed E-state index contributed by atoms with van der Waals surface area (Å²) in [6, 6.07) is 10.3. The Labute approximate surface area is 139 Å². The first-order valence-corrected chi connectivity index (χ1v) is 6.82. The van der Waals surface area contributed by atoms with E-state index in [1.165, 1.54) is 42.5 Å². The van der Waals surface area contributed by atoms with Crippen molar-refractivity contribution in [2.45, 2.75) is 6.36 Å². The molecular formula is C16H11F3N2O4. The van der Waals surface area contributed by atoms with Gasteiger partial charge in [0.2, 0.25) is 5.91 Å². The predicted octanol–water partition coefficient (Wildman–Crippen LogP) is 4.15. The van der Waals surface area contributed by atoms with Crippen molar-refractivity contribution in [1.29, 1.82) is 0 Å². The zero-order valence-electron chi connectivity index (χ0n) is 12.5. The second kappa shape index (κ2) is 7.47. The highest BCUT2D eigenvalue weighted by atomic mass is 19.4. The molecular weight excluding hydrogens is 341 g/mol. The number of nitrogens with zero attached hydrogens (tertiary/aromatic N) is 1. The minimum absolute atomic E-state index is 0.165. The van der Waals surface area contributed by atoms with Crippen LogP contribution in [0.2, 0.25) is 0 Å². The number of non-ortho nitro benzene ring substituents is 1. The molecule has 0 fully saturated rings. The fourth-order valence-corrected chi connectivity index (χ4v) is 1.83. The number of ether oxygens (including phenoxy) is 1. The summed E-state index contributed by atoms with van der Waals surface area (Å²) in [6.07, 6.45) is -2.24. The number of nitrogens with one attached hydrogen (secondary N) is 1. The number of amides is 1. The minimum atomic E-state index is -4.77. The number of alkyl halides is 3. The van der Waals surface area contributed by atoms with E-state index >= 15 is 0 Å². The standard InChI is InChI=1S/C16H11F3N2O4/c17-16(18,19)25-14-7-4-11(5-8-14)6-9-15(22)20-12-2-1-3-13(10-12)21(23)24/h1-10H,(H,20,22)/b9-6+. The topological polar surface area (TPSA) is 81.5 Å². The lowest BCUT2D eigenvalue weighted by atomic mass is 10.2. The molecule has 0 heterocycles. The van der Waals surface area contributed by atoms with Crippen LogP contribution in [0.1, 0.15) is 5.56 Å². The number of nitro benzene ring substituents is 1. The van der Waals surface area contributed by atoms with E-state index in [1.807, 2.05) is 0 Å². The van der Waals surface area contributed by atoms with Crippen molar-refractivity contribution in [2.24, 2.45) is 0 Å². The molecule has 0 bridgehead atoms. The minimum Gasteiger partial charge on any atom is -0.406 e. The van der Waals surface area contributed by atoms with E-state index in [1.54, 1.807) is 0 Å². The van der Waals surface area contributed by atoms with Crippen molar-refractivity contribution in [3.05, 3.63) is 70.3 Å². The van der Waals surface area contributed by atoms with Gasteiger partial charge in [0.15, 0.2) is 0 Å². The zero-order valence-corrected chi connectivity index (χ0v) is 12.5. The molecule has 0 aliphatic heterocycles. The fraction of sp³-hybridized carbons (Fsp3) is 0.0625. The lowest BCUT2D eigenvalue weighted by Crippen LogP contribution is -2.16. The second-order valence-corrected chi connectivity index (χ2v) is 4.75. The Hall–Kier alpha value is -3.36. The number of halogens is 3. The molecule has 2 aromatic carbocycles. The van der Waals surface area contributed by atoms with Gasteiger partial charge in [-0.05, 0) is 29.8 Å². The SMILES string of the molecule is O=C(/C=C/c1ccc(OC(F)(F)F)cc1)Nc1cccc([N+](=O)[O-])c1. The second-order valence-electron chi connectivity index (χ2n) is 4.75. The average Bonchev–Trinajstić information content (AvgIpc) is 2.53. The zero-order chi connectivity index (χ0) is 18.4. The molecule has 25 heavy (non-hydrogen) atoms. The lowest BCUT2D eigenvalue weighted by Gasteiger charge is -2.08. The van der Waals surface area contributed by atoms with Crippen molar-refractivity contribution in [3.63, 3.8) is 0 Å². The molecule has 0 aliphatic rings. The van der Waals surface area contributed by atoms with Crippen molar-refractivity contribution in [1.82, 2.24) is 0 Å². The van der Waals surface area contributed by atoms with E-state index in [0.717, 1.165) is 18.2 Å². The molecule has 2 rings (SSSR count). The van der Waals surface area contributed by atoms with Gasteiger partial charge in [0.25, 0.3) is 5.69 Å². The van der Waals surface area contributed by atoms with Crippen molar-refractivity contribution >= 4 is 23.4 Å². The number of anilines is 1. The number of rotatable bonds is 5. The first kappa shape index (κ1) is 18.0. The van der Waals surface area contributed by atoms with Gasteiger partial charge in [-0.15, -0.1) is 13.2 Å². The van der Waals surface area contributed by atoms with Crippen molar-refractivity contribution < 1.29 is 27.6 Å². The van der Waals surface area contributed by atoms with Gasteiger partial charge in [0, 0.05) is 23.9 Å². The van der Waals surface area contributed by atoms with Gasteiger partial charge in [-0.25, -0.2) is 0 Å². The molecule has 1 amide bonds. The summed E-state index contributed by atoms with van der Waals surface area (Å²) in [4.78, 5) is 21.9. The third-order valence-corrected chi connectivity index (χ3v) is 2.87. The smallest absolute Gasteiger partial charge is 0.406 e. The number of carbonyl (C=O) groups is 1. The van der Waals surface area contributed by atoms with E-state index in [9.17, 15) is 28.1 Å². The van der Waals surface area contributed by atoms with Gasteiger partial charge < -0.3 is 10.1 Å². The van der Waals surface area contributed by atoms with E-state index in [2.05, 4.69) is 10.1 Å². The van der Waals surface area contributed by atoms with Gasteiger partial charge in [-0.2, -0.15) is 0 Å². The molecule has 0 saturated carbocycles. The van der Waals surface area contributed by atoms with Crippen LogP contribution in [0.4, 0.5) is 24.5 Å². The predicted molar refractivity (Wildman–Crippen MR) is 83.9 cm³/mol. The number of hydrogen-bond acceptors (Lipinski definition) is 4. The summed E-state index contributed by atoms with van der Waals surface area (Å²) in [5, 5.41) is 13.1. The van der Waals surface area contributed by atoms with Crippen LogP contribution in [-0.4, -0.2) is 17.2 Å². The summed E-state index contributed by atoms with van der Waals surface area (Å²) in [5.74, 6) is -0.915. The Kier molecular flexibility index (Phi) is 5.38. The van der Waals surface area contributed by atoms with Gasteiger partial charge in [-0.1, -0.05) is 18.2 Å². The quantitative estimate of drug-likeness (QED) is 0.498. The summed E-state index contributed by atoms with van der Waals surface area (Å²) >= 11 is 0. The summed E-state index contributed by atoms with van der Waals surface area (Å²) < 4.78 is 39.9. The first-order chi connectivity index (χ1) is 11.7. The number of benzene rings is 2. The lowest BCUT2D eigenvalue weighted by molar-refractivity contribution is -0.384. The Morgan fingerprint density at radius 3 is 2.44 bits per heavy atom. The molecule has 6 nitrogen and oxygen atoms in total.